The second-order valence-electron chi connectivity index (χ2n) is 11.8. The highest BCUT2D eigenvalue weighted by Crippen LogP contribution is 2.41. The quantitative estimate of drug-likeness (QED) is 0.478. The Morgan fingerprint density at radius 1 is 1.18 bits per heavy atom. The van der Waals surface area contributed by atoms with Crippen LogP contribution in [0.2, 0.25) is 0 Å². The Morgan fingerprint density at radius 2 is 1.91 bits per heavy atom. The SMILES string of the molecule is CC(C)[C@@H]1CC[C@@H](C)C[C@H]1CC(=O)[C@@H]1CC(Cc2cccc(F)c2)CN1C(=O)OC(C)(C)C. The van der Waals surface area contributed by atoms with Crippen molar-refractivity contribution >= 4 is 11.9 Å². The van der Waals surface area contributed by atoms with Gasteiger partial charge in [0, 0.05) is 13.0 Å². The predicted molar refractivity (Wildman–Crippen MR) is 129 cm³/mol. The fourth-order valence-electron chi connectivity index (χ4n) is 5.92. The van der Waals surface area contributed by atoms with Crippen molar-refractivity contribution in [2.24, 2.45) is 29.6 Å². The lowest BCUT2D eigenvalue weighted by molar-refractivity contribution is -0.125. The molecule has 0 aromatic heterocycles. The van der Waals surface area contributed by atoms with Crippen molar-refractivity contribution in [3.05, 3.63) is 35.6 Å². The van der Waals surface area contributed by atoms with E-state index in [1.165, 1.54) is 18.9 Å². The molecule has 1 aliphatic carbocycles. The first-order chi connectivity index (χ1) is 15.4. The molecule has 0 radical (unpaired) electrons. The molecule has 0 bridgehead atoms. The predicted octanol–water partition coefficient (Wildman–Crippen LogP) is 6.66. The van der Waals surface area contributed by atoms with Gasteiger partial charge >= 0.3 is 6.09 Å². The molecule has 184 valence electrons. The number of Topliss-reactive ketones (excluding diaryl/α,β-unsaturated/α-hetero) is 1. The van der Waals surface area contributed by atoms with E-state index in [2.05, 4.69) is 20.8 Å². The van der Waals surface area contributed by atoms with E-state index in [1.807, 2.05) is 26.8 Å². The summed E-state index contributed by atoms with van der Waals surface area (Å²) in [6, 6.07) is 6.15. The molecule has 3 rings (SSSR count). The number of halogens is 1. The maximum Gasteiger partial charge on any atom is 0.410 e. The molecule has 1 aromatic rings. The van der Waals surface area contributed by atoms with Gasteiger partial charge in [0.05, 0.1) is 6.04 Å². The Bertz CT molecular complexity index is 831. The molecule has 4 nitrogen and oxygen atoms in total. The van der Waals surface area contributed by atoms with E-state index < -0.39 is 17.7 Å². The van der Waals surface area contributed by atoms with Crippen LogP contribution >= 0.6 is 0 Å². The molecule has 1 saturated carbocycles. The fraction of sp³-hybridized carbons (Fsp3) is 0.714. The second-order valence-corrected chi connectivity index (χ2v) is 11.8. The molecule has 1 unspecified atom stereocenters. The molecular formula is C28H42FNO3. The molecular weight excluding hydrogens is 417 g/mol. The normalized spacial score (nSPS) is 28.2. The van der Waals surface area contributed by atoms with Gasteiger partial charge in [-0.15, -0.1) is 0 Å². The van der Waals surface area contributed by atoms with Crippen molar-refractivity contribution < 1.29 is 18.7 Å². The molecule has 1 aliphatic heterocycles. The Balaban J connectivity index is 1.76. The van der Waals surface area contributed by atoms with Gasteiger partial charge in [0.15, 0.2) is 5.78 Å². The van der Waals surface area contributed by atoms with Gasteiger partial charge in [-0.05, 0) is 93.7 Å². The van der Waals surface area contributed by atoms with E-state index >= 15 is 0 Å². The number of ether oxygens (including phenoxy) is 1. The summed E-state index contributed by atoms with van der Waals surface area (Å²) in [5.41, 5.74) is 0.283. The van der Waals surface area contributed by atoms with Gasteiger partial charge in [-0.2, -0.15) is 0 Å². The molecule has 1 aromatic carbocycles. The highest BCUT2D eigenvalue weighted by Gasteiger charge is 2.43. The Morgan fingerprint density at radius 3 is 2.55 bits per heavy atom. The Hall–Kier alpha value is -1.91. The van der Waals surface area contributed by atoms with Gasteiger partial charge < -0.3 is 4.74 Å². The van der Waals surface area contributed by atoms with Crippen LogP contribution in [0.4, 0.5) is 9.18 Å². The molecule has 1 heterocycles. The zero-order valence-corrected chi connectivity index (χ0v) is 21.3. The van der Waals surface area contributed by atoms with Gasteiger partial charge in [0.1, 0.15) is 11.4 Å². The minimum atomic E-state index is -0.618. The summed E-state index contributed by atoms with van der Waals surface area (Å²) < 4.78 is 19.4. The number of carbonyl (C=O) groups is 2. The lowest BCUT2D eigenvalue weighted by atomic mass is 9.68. The van der Waals surface area contributed by atoms with Crippen LogP contribution in [0, 0.1) is 35.4 Å². The zero-order valence-electron chi connectivity index (χ0n) is 21.3. The van der Waals surface area contributed by atoms with Crippen molar-refractivity contribution in [1.82, 2.24) is 4.90 Å². The van der Waals surface area contributed by atoms with Crippen LogP contribution in [0.3, 0.4) is 0 Å². The van der Waals surface area contributed by atoms with Gasteiger partial charge in [-0.1, -0.05) is 39.3 Å². The summed E-state index contributed by atoms with van der Waals surface area (Å²) in [7, 11) is 0. The number of ketones is 1. The first-order valence-corrected chi connectivity index (χ1v) is 12.7. The number of rotatable bonds is 6. The van der Waals surface area contributed by atoms with Crippen LogP contribution in [0.1, 0.15) is 79.2 Å². The topological polar surface area (TPSA) is 46.6 Å². The van der Waals surface area contributed by atoms with E-state index in [1.54, 1.807) is 17.0 Å². The maximum atomic E-state index is 13.7. The standard InChI is InChI=1S/C28H42FNO3/c1-18(2)24-11-10-19(3)12-22(24)16-26(31)25-15-21(13-20-8-7-9-23(29)14-20)17-30(25)27(32)33-28(4,5)6/h7-9,14,18-19,21-22,24-25H,10-13,15-17H2,1-6H3/t19-,21?,22+,24+,25+/m1/s1. The highest BCUT2D eigenvalue weighted by atomic mass is 19.1. The molecule has 2 fully saturated rings. The van der Waals surface area contributed by atoms with E-state index in [9.17, 15) is 14.0 Å². The first kappa shape index (κ1) is 25.7. The van der Waals surface area contributed by atoms with Crippen LogP contribution in [0.5, 0.6) is 0 Å². The summed E-state index contributed by atoms with van der Waals surface area (Å²) in [6.07, 6.45) is 4.87. The number of benzene rings is 1. The molecule has 2 aliphatic rings. The minimum Gasteiger partial charge on any atom is -0.444 e. The zero-order chi connectivity index (χ0) is 24.3. The summed E-state index contributed by atoms with van der Waals surface area (Å²) in [5, 5.41) is 0. The maximum absolute atomic E-state index is 13.7. The van der Waals surface area contributed by atoms with Gasteiger partial charge in [-0.3, -0.25) is 9.69 Å². The molecule has 5 heteroatoms. The fourth-order valence-corrected chi connectivity index (χ4v) is 5.92. The average molecular weight is 460 g/mol. The number of carbonyl (C=O) groups excluding carboxylic acids is 2. The Labute approximate surface area is 199 Å². The Kier molecular flexibility index (Phi) is 8.23. The van der Waals surface area contributed by atoms with Crippen LogP contribution in [-0.4, -0.2) is 35.0 Å². The van der Waals surface area contributed by atoms with Gasteiger partial charge in [0.2, 0.25) is 0 Å². The number of likely N-dealkylation sites (tertiary alicyclic amines) is 1. The van der Waals surface area contributed by atoms with Crippen LogP contribution in [0.15, 0.2) is 24.3 Å². The molecule has 0 spiro atoms. The average Bonchev–Trinajstić information content (AvgIpc) is 3.10. The van der Waals surface area contributed by atoms with Crippen molar-refractivity contribution in [3.8, 4) is 0 Å². The molecule has 5 atom stereocenters. The van der Waals surface area contributed by atoms with Crippen LogP contribution in [0.25, 0.3) is 0 Å². The smallest absolute Gasteiger partial charge is 0.410 e. The third kappa shape index (κ3) is 7.04. The molecule has 33 heavy (non-hydrogen) atoms. The molecule has 1 amide bonds. The highest BCUT2D eigenvalue weighted by molar-refractivity contribution is 5.88. The third-order valence-corrected chi connectivity index (χ3v) is 7.42. The first-order valence-electron chi connectivity index (χ1n) is 12.7. The van der Waals surface area contributed by atoms with Gasteiger partial charge in [-0.25, -0.2) is 9.18 Å². The van der Waals surface area contributed by atoms with E-state index in [0.717, 1.165) is 12.0 Å². The van der Waals surface area contributed by atoms with E-state index in [-0.39, 0.29) is 17.5 Å². The summed E-state index contributed by atoms with van der Waals surface area (Å²) >= 11 is 0. The number of hydrogen-bond acceptors (Lipinski definition) is 3. The van der Waals surface area contributed by atoms with Crippen molar-refractivity contribution in [3.63, 3.8) is 0 Å². The minimum absolute atomic E-state index is 0.111. The lowest BCUT2D eigenvalue weighted by Gasteiger charge is -2.38. The van der Waals surface area contributed by atoms with Gasteiger partial charge in [0.25, 0.3) is 0 Å². The van der Waals surface area contributed by atoms with E-state index in [4.69, 9.17) is 4.74 Å². The summed E-state index contributed by atoms with van der Waals surface area (Å²) in [5.74, 6) is 2.15. The number of nitrogens with zero attached hydrogens (tertiary/aromatic N) is 1. The molecule has 1 saturated heterocycles. The third-order valence-electron chi connectivity index (χ3n) is 7.42. The summed E-state index contributed by atoms with van der Waals surface area (Å²) in [4.78, 5) is 28.3. The summed E-state index contributed by atoms with van der Waals surface area (Å²) in [6.45, 7) is 12.8. The van der Waals surface area contributed by atoms with Crippen molar-refractivity contribution in [2.45, 2.75) is 91.7 Å². The lowest BCUT2D eigenvalue weighted by Crippen LogP contribution is -2.44. The second kappa shape index (κ2) is 10.6. The molecule has 0 N–H and O–H groups in total. The monoisotopic (exact) mass is 459 g/mol. The largest absolute Gasteiger partial charge is 0.444 e. The van der Waals surface area contributed by atoms with E-state index in [0.29, 0.717) is 49.5 Å². The van der Waals surface area contributed by atoms with Crippen LogP contribution < -0.4 is 0 Å². The number of amides is 1. The van der Waals surface area contributed by atoms with Crippen molar-refractivity contribution in [1.29, 1.82) is 0 Å². The van der Waals surface area contributed by atoms with Crippen molar-refractivity contribution in [2.75, 3.05) is 6.54 Å². The van der Waals surface area contributed by atoms with Crippen LogP contribution in [-0.2, 0) is 16.0 Å². The number of hydrogen-bond donors (Lipinski definition) is 0.